The number of hydrogen-bond acceptors (Lipinski definition) is 4. The number of anilines is 2. The van der Waals surface area contributed by atoms with Crippen LogP contribution in [0.2, 0.25) is 0 Å². The van der Waals surface area contributed by atoms with E-state index in [4.69, 9.17) is 16.2 Å². The number of fused-ring (bicyclic) bond motifs is 1. The van der Waals surface area contributed by atoms with Gasteiger partial charge in [0.1, 0.15) is 11.3 Å². The summed E-state index contributed by atoms with van der Waals surface area (Å²) in [4.78, 5) is 4.53. The lowest BCUT2D eigenvalue weighted by Gasteiger charge is -2.10. The van der Waals surface area contributed by atoms with Crippen molar-refractivity contribution in [2.45, 2.75) is 6.92 Å². The predicted molar refractivity (Wildman–Crippen MR) is 81.8 cm³/mol. The molecule has 4 N–H and O–H groups in total. The topological polar surface area (TPSA) is 74.2 Å². The van der Waals surface area contributed by atoms with Crippen LogP contribution in [0.15, 0.2) is 48.5 Å². The van der Waals surface area contributed by atoms with Crippen LogP contribution in [0.3, 0.4) is 0 Å². The van der Waals surface area contributed by atoms with Crippen molar-refractivity contribution >= 4 is 22.3 Å². The zero-order valence-electron chi connectivity index (χ0n) is 11.1. The largest absolute Gasteiger partial charge is 0.455 e. The number of nitrogen functional groups attached to an aromatic ring is 2. The van der Waals surface area contributed by atoms with Crippen molar-refractivity contribution in [2.24, 2.45) is 0 Å². The van der Waals surface area contributed by atoms with Gasteiger partial charge < -0.3 is 16.2 Å². The second-order valence-electron chi connectivity index (χ2n) is 4.67. The number of rotatable bonds is 2. The van der Waals surface area contributed by atoms with Crippen LogP contribution in [0.5, 0.6) is 11.5 Å². The van der Waals surface area contributed by atoms with E-state index in [2.05, 4.69) is 4.98 Å². The molecular weight excluding hydrogens is 250 g/mol. The standard InChI is InChI=1S/C16H15N3O/c1-10-5-6-11-3-2-4-15(16(11)19-10)20-12-7-8-13(17)14(18)9-12/h2-9H,17-18H2,1H3. The van der Waals surface area contributed by atoms with Gasteiger partial charge in [-0.15, -0.1) is 0 Å². The van der Waals surface area contributed by atoms with Gasteiger partial charge in [0.25, 0.3) is 0 Å². The average Bonchev–Trinajstić information content (AvgIpc) is 2.44. The summed E-state index contributed by atoms with van der Waals surface area (Å²) in [6.45, 7) is 1.96. The van der Waals surface area contributed by atoms with Gasteiger partial charge in [-0.3, -0.25) is 0 Å². The number of nitrogens with zero attached hydrogens (tertiary/aromatic N) is 1. The Balaban J connectivity index is 2.05. The molecule has 4 heteroatoms. The number of aryl methyl sites for hydroxylation is 1. The number of ether oxygens (including phenoxy) is 1. The molecule has 3 rings (SSSR count). The number of pyridine rings is 1. The zero-order valence-corrected chi connectivity index (χ0v) is 11.1. The van der Waals surface area contributed by atoms with E-state index in [1.54, 1.807) is 18.2 Å². The number of aromatic nitrogens is 1. The van der Waals surface area contributed by atoms with Gasteiger partial charge in [-0.1, -0.05) is 18.2 Å². The predicted octanol–water partition coefficient (Wildman–Crippen LogP) is 3.50. The van der Waals surface area contributed by atoms with Gasteiger partial charge >= 0.3 is 0 Å². The van der Waals surface area contributed by atoms with Gasteiger partial charge in [0.2, 0.25) is 0 Å². The lowest BCUT2D eigenvalue weighted by Crippen LogP contribution is -1.95. The van der Waals surface area contributed by atoms with Gasteiger partial charge in [-0.25, -0.2) is 4.98 Å². The fraction of sp³-hybridized carbons (Fsp3) is 0.0625. The lowest BCUT2D eigenvalue weighted by atomic mass is 10.2. The minimum atomic E-state index is 0.506. The maximum absolute atomic E-state index is 5.88. The van der Waals surface area contributed by atoms with Crippen molar-refractivity contribution in [3.8, 4) is 11.5 Å². The van der Waals surface area contributed by atoms with Gasteiger partial charge in [0.15, 0.2) is 5.75 Å². The van der Waals surface area contributed by atoms with Gasteiger partial charge in [-0.2, -0.15) is 0 Å². The molecule has 2 aromatic carbocycles. The van der Waals surface area contributed by atoms with Gasteiger partial charge in [0, 0.05) is 17.1 Å². The molecule has 100 valence electrons. The third-order valence-electron chi connectivity index (χ3n) is 3.11. The molecule has 0 aliphatic carbocycles. The Hall–Kier alpha value is -2.75. The Kier molecular flexibility index (Phi) is 2.91. The maximum atomic E-state index is 5.88. The number of para-hydroxylation sites is 1. The van der Waals surface area contributed by atoms with E-state index >= 15 is 0 Å². The van der Waals surface area contributed by atoms with Crippen LogP contribution in [0.1, 0.15) is 5.69 Å². The first-order chi connectivity index (χ1) is 9.63. The van der Waals surface area contributed by atoms with Crippen molar-refractivity contribution < 1.29 is 4.74 Å². The minimum Gasteiger partial charge on any atom is -0.455 e. The van der Waals surface area contributed by atoms with E-state index in [0.717, 1.165) is 16.6 Å². The molecule has 1 aromatic heterocycles. The molecule has 0 spiro atoms. The van der Waals surface area contributed by atoms with Crippen molar-refractivity contribution in [1.82, 2.24) is 4.98 Å². The first-order valence-electron chi connectivity index (χ1n) is 6.33. The van der Waals surface area contributed by atoms with Crippen LogP contribution >= 0.6 is 0 Å². The molecule has 0 saturated heterocycles. The highest BCUT2D eigenvalue weighted by Gasteiger charge is 2.06. The molecule has 1 heterocycles. The Morgan fingerprint density at radius 3 is 2.60 bits per heavy atom. The minimum absolute atomic E-state index is 0.506. The second-order valence-corrected chi connectivity index (χ2v) is 4.67. The van der Waals surface area contributed by atoms with Crippen LogP contribution in [0.25, 0.3) is 10.9 Å². The zero-order chi connectivity index (χ0) is 14.1. The first kappa shape index (κ1) is 12.3. The highest BCUT2D eigenvalue weighted by atomic mass is 16.5. The lowest BCUT2D eigenvalue weighted by molar-refractivity contribution is 0.487. The van der Waals surface area contributed by atoms with Crippen molar-refractivity contribution in [2.75, 3.05) is 11.5 Å². The quantitative estimate of drug-likeness (QED) is 0.695. The van der Waals surface area contributed by atoms with Gasteiger partial charge in [0.05, 0.1) is 11.4 Å². The van der Waals surface area contributed by atoms with E-state index in [1.165, 1.54) is 0 Å². The fourth-order valence-corrected chi connectivity index (χ4v) is 2.04. The normalized spacial score (nSPS) is 10.7. The van der Waals surface area contributed by atoms with E-state index in [-0.39, 0.29) is 0 Å². The third-order valence-corrected chi connectivity index (χ3v) is 3.11. The molecule has 0 unspecified atom stereocenters. The highest BCUT2D eigenvalue weighted by Crippen LogP contribution is 2.30. The average molecular weight is 265 g/mol. The summed E-state index contributed by atoms with van der Waals surface area (Å²) in [6, 6.07) is 15.1. The van der Waals surface area contributed by atoms with Crippen molar-refractivity contribution in [3.63, 3.8) is 0 Å². The van der Waals surface area contributed by atoms with Crippen LogP contribution in [-0.2, 0) is 0 Å². The molecule has 0 radical (unpaired) electrons. The molecule has 0 amide bonds. The summed E-state index contributed by atoms with van der Waals surface area (Å²) >= 11 is 0. The number of benzene rings is 2. The van der Waals surface area contributed by atoms with E-state index in [9.17, 15) is 0 Å². The Morgan fingerprint density at radius 1 is 0.950 bits per heavy atom. The Labute approximate surface area is 117 Å². The fourth-order valence-electron chi connectivity index (χ4n) is 2.04. The summed E-state index contributed by atoms with van der Waals surface area (Å²) in [6.07, 6.45) is 0. The van der Waals surface area contributed by atoms with E-state index in [1.807, 2.05) is 37.3 Å². The monoisotopic (exact) mass is 265 g/mol. The molecule has 0 atom stereocenters. The van der Waals surface area contributed by atoms with Crippen molar-refractivity contribution in [1.29, 1.82) is 0 Å². The summed E-state index contributed by atoms with van der Waals surface area (Å²) in [5.41, 5.74) is 14.3. The molecule has 0 saturated carbocycles. The molecule has 20 heavy (non-hydrogen) atoms. The maximum Gasteiger partial charge on any atom is 0.153 e. The summed E-state index contributed by atoms with van der Waals surface area (Å²) in [7, 11) is 0. The highest BCUT2D eigenvalue weighted by molar-refractivity contribution is 5.85. The summed E-state index contributed by atoms with van der Waals surface area (Å²) in [5, 5.41) is 1.04. The SMILES string of the molecule is Cc1ccc2cccc(Oc3ccc(N)c(N)c3)c2n1. The molecule has 0 aliphatic rings. The molecule has 0 aliphatic heterocycles. The van der Waals surface area contributed by atoms with Crippen LogP contribution in [0, 0.1) is 6.92 Å². The Morgan fingerprint density at radius 2 is 1.80 bits per heavy atom. The molecule has 0 fully saturated rings. The van der Waals surface area contributed by atoms with Gasteiger partial charge in [-0.05, 0) is 31.2 Å². The van der Waals surface area contributed by atoms with E-state index in [0.29, 0.717) is 22.9 Å². The first-order valence-corrected chi connectivity index (χ1v) is 6.33. The van der Waals surface area contributed by atoms with Crippen LogP contribution in [0.4, 0.5) is 11.4 Å². The third kappa shape index (κ3) is 2.23. The number of nitrogens with two attached hydrogens (primary N) is 2. The molecule has 3 aromatic rings. The Bertz CT molecular complexity index is 784. The molecule has 0 bridgehead atoms. The van der Waals surface area contributed by atoms with Crippen LogP contribution < -0.4 is 16.2 Å². The molecular formula is C16H15N3O. The molecule has 4 nitrogen and oxygen atoms in total. The van der Waals surface area contributed by atoms with Crippen molar-refractivity contribution in [3.05, 3.63) is 54.2 Å². The van der Waals surface area contributed by atoms with E-state index < -0.39 is 0 Å². The summed E-state index contributed by atoms with van der Waals surface area (Å²) < 4.78 is 5.88. The smallest absolute Gasteiger partial charge is 0.153 e. The second kappa shape index (κ2) is 4.74. The number of hydrogen-bond donors (Lipinski definition) is 2. The summed E-state index contributed by atoms with van der Waals surface area (Å²) in [5.74, 6) is 1.35. The van der Waals surface area contributed by atoms with Crippen LogP contribution in [-0.4, -0.2) is 4.98 Å².